The average molecular weight is 353 g/mol. The highest BCUT2D eigenvalue weighted by Crippen LogP contribution is 2.33. The van der Waals surface area contributed by atoms with Crippen molar-refractivity contribution in [3.8, 4) is 0 Å². The molecule has 1 aromatic carbocycles. The van der Waals surface area contributed by atoms with Crippen molar-refractivity contribution in [1.29, 1.82) is 0 Å². The topological polar surface area (TPSA) is 80.4 Å². The zero-order chi connectivity index (χ0) is 12.3. The molecule has 0 aromatic heterocycles. The quantitative estimate of drug-likeness (QED) is 0.513. The van der Waals surface area contributed by atoms with Crippen molar-refractivity contribution < 1.29 is 14.8 Å². The number of halogens is 2. The SMILES string of the molecule is O=C(O)C(Br)(Br)Cc1ccccc1[N+](=O)[O-]. The smallest absolute Gasteiger partial charge is 0.331 e. The molecule has 7 heteroatoms. The van der Waals surface area contributed by atoms with Crippen LogP contribution >= 0.6 is 31.9 Å². The first-order chi connectivity index (χ1) is 7.34. The van der Waals surface area contributed by atoms with Crippen LogP contribution in [0.3, 0.4) is 0 Å². The van der Waals surface area contributed by atoms with Crippen molar-refractivity contribution in [2.45, 2.75) is 9.65 Å². The van der Waals surface area contributed by atoms with Gasteiger partial charge in [-0.2, -0.15) is 0 Å². The van der Waals surface area contributed by atoms with Crippen LogP contribution in [0.5, 0.6) is 0 Å². The molecule has 0 aliphatic carbocycles. The van der Waals surface area contributed by atoms with E-state index in [1.54, 1.807) is 6.07 Å². The number of hydrogen-bond donors (Lipinski definition) is 1. The summed E-state index contributed by atoms with van der Waals surface area (Å²) >= 11 is 5.92. The van der Waals surface area contributed by atoms with Crippen LogP contribution in [0.25, 0.3) is 0 Å². The van der Waals surface area contributed by atoms with E-state index in [0.717, 1.165) is 0 Å². The van der Waals surface area contributed by atoms with E-state index in [4.69, 9.17) is 5.11 Å². The molecule has 1 aromatic rings. The molecule has 0 unspecified atom stereocenters. The van der Waals surface area contributed by atoms with Crippen LogP contribution < -0.4 is 0 Å². The zero-order valence-electron chi connectivity index (χ0n) is 7.89. The molecule has 0 spiro atoms. The van der Waals surface area contributed by atoms with Gasteiger partial charge in [-0.3, -0.25) is 10.1 Å². The Morgan fingerprint density at radius 3 is 2.50 bits per heavy atom. The number of alkyl halides is 2. The van der Waals surface area contributed by atoms with Crippen LogP contribution in [0.15, 0.2) is 24.3 Å². The van der Waals surface area contributed by atoms with E-state index in [9.17, 15) is 14.9 Å². The van der Waals surface area contributed by atoms with E-state index >= 15 is 0 Å². The summed E-state index contributed by atoms with van der Waals surface area (Å²) in [6.07, 6.45) is -0.0283. The van der Waals surface area contributed by atoms with E-state index in [1.807, 2.05) is 0 Å². The van der Waals surface area contributed by atoms with E-state index in [-0.39, 0.29) is 12.1 Å². The van der Waals surface area contributed by atoms with Gasteiger partial charge in [-0.25, -0.2) is 4.79 Å². The fraction of sp³-hybridized carbons (Fsp3) is 0.222. The number of para-hydroxylation sites is 1. The Labute approximate surface area is 108 Å². The number of nitrogens with zero attached hydrogens (tertiary/aromatic N) is 1. The Kier molecular flexibility index (Phi) is 4.03. The number of carbonyl (C=O) groups is 1. The molecule has 0 aliphatic heterocycles. The molecular weight excluding hydrogens is 346 g/mol. The van der Waals surface area contributed by atoms with Crippen LogP contribution in [0.1, 0.15) is 5.56 Å². The minimum atomic E-state index is -1.38. The predicted octanol–water partition coefficient (Wildman–Crippen LogP) is 2.71. The second-order valence-electron chi connectivity index (χ2n) is 3.07. The van der Waals surface area contributed by atoms with E-state index in [1.165, 1.54) is 18.2 Å². The predicted molar refractivity (Wildman–Crippen MR) is 65.0 cm³/mol. The number of hydrogen-bond acceptors (Lipinski definition) is 3. The minimum Gasteiger partial charge on any atom is -0.480 e. The number of carboxylic acid groups (broad SMARTS) is 1. The van der Waals surface area contributed by atoms with Crippen LogP contribution in [-0.4, -0.2) is 19.2 Å². The van der Waals surface area contributed by atoms with Crippen LogP contribution in [-0.2, 0) is 11.2 Å². The standard InChI is InChI=1S/C9H7Br2NO4/c10-9(11,8(13)14)5-6-3-1-2-4-7(6)12(15)16/h1-4H,5H2,(H,13,14). The lowest BCUT2D eigenvalue weighted by Gasteiger charge is -2.14. The Bertz CT molecular complexity index is 433. The molecule has 0 fully saturated rings. The molecule has 0 saturated carbocycles. The molecule has 0 heterocycles. The largest absolute Gasteiger partial charge is 0.480 e. The molecule has 86 valence electrons. The third-order valence-corrected chi connectivity index (χ3v) is 3.15. The van der Waals surface area contributed by atoms with E-state index in [0.29, 0.717) is 5.56 Å². The lowest BCUT2D eigenvalue weighted by Crippen LogP contribution is -2.27. The van der Waals surface area contributed by atoms with Crippen LogP contribution in [0.2, 0.25) is 0 Å². The monoisotopic (exact) mass is 351 g/mol. The maximum absolute atomic E-state index is 10.8. The summed E-state index contributed by atoms with van der Waals surface area (Å²) in [7, 11) is 0. The third-order valence-electron chi connectivity index (χ3n) is 1.91. The number of rotatable bonds is 4. The molecule has 0 atom stereocenters. The summed E-state index contributed by atoms with van der Waals surface area (Å²) in [4.78, 5) is 21.0. The highest BCUT2D eigenvalue weighted by atomic mass is 79.9. The van der Waals surface area contributed by atoms with Crippen molar-refractivity contribution in [2.75, 3.05) is 0 Å². The van der Waals surface area contributed by atoms with Crippen molar-refractivity contribution >= 4 is 43.5 Å². The number of nitro groups is 1. The van der Waals surface area contributed by atoms with Crippen molar-refractivity contribution in [3.05, 3.63) is 39.9 Å². The van der Waals surface area contributed by atoms with Crippen molar-refractivity contribution in [3.63, 3.8) is 0 Å². The lowest BCUT2D eigenvalue weighted by molar-refractivity contribution is -0.385. The molecule has 1 rings (SSSR count). The molecule has 16 heavy (non-hydrogen) atoms. The minimum absolute atomic E-state index is 0.0283. The number of aliphatic carboxylic acids is 1. The molecule has 0 aliphatic rings. The zero-order valence-corrected chi connectivity index (χ0v) is 11.1. The molecule has 1 N–H and O–H groups in total. The van der Waals surface area contributed by atoms with Crippen molar-refractivity contribution in [1.82, 2.24) is 0 Å². The first kappa shape index (κ1) is 13.1. The molecule has 0 saturated heterocycles. The third kappa shape index (κ3) is 3.02. The average Bonchev–Trinajstić information content (AvgIpc) is 2.17. The Morgan fingerprint density at radius 2 is 2.00 bits per heavy atom. The summed E-state index contributed by atoms with van der Waals surface area (Å²) < 4.78 is -1.38. The Hall–Kier alpha value is -0.950. The van der Waals surface area contributed by atoms with E-state index < -0.39 is 14.1 Å². The van der Waals surface area contributed by atoms with Gasteiger partial charge in [0.25, 0.3) is 5.69 Å². The van der Waals surface area contributed by atoms with Gasteiger partial charge >= 0.3 is 5.97 Å². The summed E-state index contributed by atoms with van der Waals surface area (Å²) in [5.74, 6) is -1.13. The second-order valence-corrected chi connectivity index (χ2v) is 6.84. The Morgan fingerprint density at radius 1 is 1.44 bits per heavy atom. The first-order valence-corrected chi connectivity index (χ1v) is 5.76. The Balaban J connectivity index is 3.06. The molecule has 0 radical (unpaired) electrons. The lowest BCUT2D eigenvalue weighted by atomic mass is 10.1. The van der Waals surface area contributed by atoms with Gasteiger partial charge in [0, 0.05) is 18.1 Å². The van der Waals surface area contributed by atoms with E-state index in [2.05, 4.69) is 31.9 Å². The maximum Gasteiger partial charge on any atom is 0.331 e. The van der Waals surface area contributed by atoms with Gasteiger partial charge < -0.3 is 5.11 Å². The molecular formula is C9H7Br2NO4. The fourth-order valence-corrected chi connectivity index (χ4v) is 1.76. The number of nitro benzene ring substituents is 1. The van der Waals surface area contributed by atoms with Gasteiger partial charge in [0.2, 0.25) is 0 Å². The summed E-state index contributed by atoms with van der Waals surface area (Å²) in [6, 6.07) is 6.03. The maximum atomic E-state index is 10.8. The molecule has 0 amide bonds. The highest BCUT2D eigenvalue weighted by Gasteiger charge is 2.34. The summed E-state index contributed by atoms with van der Waals surface area (Å²) in [5, 5.41) is 19.6. The second kappa shape index (κ2) is 4.92. The molecule has 0 bridgehead atoms. The van der Waals surface area contributed by atoms with Gasteiger partial charge in [0.1, 0.15) is 0 Å². The number of carboxylic acids is 1. The molecule has 5 nitrogen and oxygen atoms in total. The van der Waals surface area contributed by atoms with Gasteiger partial charge in [-0.15, -0.1) is 0 Å². The van der Waals surface area contributed by atoms with Gasteiger partial charge in [-0.1, -0.05) is 50.1 Å². The van der Waals surface area contributed by atoms with Gasteiger partial charge in [-0.05, 0) is 0 Å². The first-order valence-electron chi connectivity index (χ1n) is 4.18. The van der Waals surface area contributed by atoms with Gasteiger partial charge in [0.05, 0.1) is 4.92 Å². The van der Waals surface area contributed by atoms with Gasteiger partial charge in [0.15, 0.2) is 3.23 Å². The van der Waals surface area contributed by atoms with Crippen LogP contribution in [0.4, 0.5) is 5.69 Å². The van der Waals surface area contributed by atoms with Crippen molar-refractivity contribution in [2.24, 2.45) is 0 Å². The summed E-state index contributed by atoms with van der Waals surface area (Å²) in [5.41, 5.74) is 0.260. The van der Waals surface area contributed by atoms with Crippen LogP contribution in [0, 0.1) is 10.1 Å². The highest BCUT2D eigenvalue weighted by molar-refractivity contribution is 9.25. The fourth-order valence-electron chi connectivity index (χ4n) is 1.15. The number of benzene rings is 1. The normalized spacial score (nSPS) is 11.1. The summed E-state index contributed by atoms with van der Waals surface area (Å²) in [6.45, 7) is 0.